The number of nitrogens with one attached hydrogen (secondary N) is 1. The Morgan fingerprint density at radius 1 is 1.25 bits per heavy atom. The number of aromatic nitrogens is 3. The van der Waals surface area contributed by atoms with Gasteiger partial charge in [0.2, 0.25) is 4.77 Å². The van der Waals surface area contributed by atoms with Crippen molar-refractivity contribution in [2.24, 2.45) is 5.10 Å². The van der Waals surface area contributed by atoms with Crippen LogP contribution in [0.15, 0.2) is 53.6 Å². The number of halogens is 1. The summed E-state index contributed by atoms with van der Waals surface area (Å²) in [5, 5.41) is 12.1. The Bertz CT molecular complexity index is 932. The molecule has 1 N–H and O–H groups in total. The number of H-pyrrole nitrogens is 1. The number of aromatic amines is 1. The lowest BCUT2D eigenvalue weighted by Gasteiger charge is -2.08. The highest BCUT2D eigenvalue weighted by Crippen LogP contribution is 2.28. The molecule has 0 aliphatic heterocycles. The lowest BCUT2D eigenvalue weighted by Crippen LogP contribution is -1.99. The topological polar surface area (TPSA) is 55.2 Å². The molecule has 3 aromatic rings. The first kappa shape index (κ1) is 16.4. The minimum Gasteiger partial charge on any atom is -0.493 e. The third kappa shape index (κ3) is 3.39. The van der Waals surface area contributed by atoms with Gasteiger partial charge in [-0.1, -0.05) is 41.9 Å². The summed E-state index contributed by atoms with van der Waals surface area (Å²) < 4.78 is 7.60. The van der Waals surface area contributed by atoms with Crippen molar-refractivity contribution in [2.75, 3.05) is 6.61 Å². The van der Waals surface area contributed by atoms with Gasteiger partial charge in [-0.05, 0) is 37.3 Å². The van der Waals surface area contributed by atoms with Gasteiger partial charge in [0.05, 0.1) is 18.4 Å². The maximum atomic E-state index is 6.16. The minimum absolute atomic E-state index is 0.389. The molecule has 3 rings (SSSR count). The Labute approximate surface area is 149 Å². The van der Waals surface area contributed by atoms with Crippen LogP contribution in [0.1, 0.15) is 12.5 Å². The van der Waals surface area contributed by atoms with Crippen LogP contribution >= 0.6 is 23.8 Å². The fourth-order valence-corrected chi connectivity index (χ4v) is 2.57. The van der Waals surface area contributed by atoms with E-state index in [1.54, 1.807) is 10.9 Å². The van der Waals surface area contributed by atoms with Crippen LogP contribution in [0.5, 0.6) is 5.75 Å². The predicted molar refractivity (Wildman–Crippen MR) is 98.5 cm³/mol. The predicted octanol–water partition coefficient (Wildman–Crippen LogP) is 4.54. The zero-order chi connectivity index (χ0) is 16.9. The van der Waals surface area contributed by atoms with Gasteiger partial charge in [-0.3, -0.25) is 0 Å². The second kappa shape index (κ2) is 7.42. The highest BCUT2D eigenvalue weighted by molar-refractivity contribution is 7.71. The average molecular weight is 359 g/mol. The van der Waals surface area contributed by atoms with E-state index in [9.17, 15) is 0 Å². The third-order valence-electron chi connectivity index (χ3n) is 3.30. The van der Waals surface area contributed by atoms with E-state index in [1.165, 1.54) is 0 Å². The van der Waals surface area contributed by atoms with E-state index >= 15 is 0 Å². The number of para-hydroxylation sites is 1. The molecule has 0 amide bonds. The SMILES string of the molecule is CCOc1ccccc1-c1n[nH]c(=S)n1/N=C\c1ccccc1Cl. The first-order valence-electron chi connectivity index (χ1n) is 7.39. The van der Waals surface area contributed by atoms with Gasteiger partial charge in [-0.2, -0.15) is 14.9 Å². The van der Waals surface area contributed by atoms with E-state index in [0.29, 0.717) is 22.2 Å². The Morgan fingerprint density at radius 3 is 2.79 bits per heavy atom. The summed E-state index contributed by atoms with van der Waals surface area (Å²) in [6.07, 6.45) is 1.65. The van der Waals surface area contributed by atoms with Crippen LogP contribution in [-0.4, -0.2) is 27.7 Å². The quantitative estimate of drug-likeness (QED) is 0.538. The number of ether oxygens (including phenoxy) is 1. The highest BCUT2D eigenvalue weighted by atomic mass is 35.5. The maximum Gasteiger partial charge on any atom is 0.216 e. The Kier molecular flexibility index (Phi) is 5.08. The zero-order valence-corrected chi connectivity index (χ0v) is 14.5. The van der Waals surface area contributed by atoms with Gasteiger partial charge < -0.3 is 4.74 Å². The lowest BCUT2D eigenvalue weighted by molar-refractivity contribution is 0.341. The van der Waals surface area contributed by atoms with Crippen LogP contribution in [0.2, 0.25) is 5.02 Å². The monoisotopic (exact) mass is 358 g/mol. The highest BCUT2D eigenvalue weighted by Gasteiger charge is 2.13. The molecule has 0 saturated carbocycles. The molecule has 0 aliphatic carbocycles. The number of nitrogens with zero attached hydrogens (tertiary/aromatic N) is 3. The molecule has 24 heavy (non-hydrogen) atoms. The molecule has 122 valence electrons. The van der Waals surface area contributed by atoms with Gasteiger partial charge in [-0.15, -0.1) is 0 Å². The molecule has 0 fully saturated rings. The number of rotatable bonds is 5. The molecule has 0 aliphatic rings. The van der Waals surface area contributed by atoms with Gasteiger partial charge in [-0.25, -0.2) is 5.10 Å². The van der Waals surface area contributed by atoms with Gasteiger partial charge >= 0.3 is 0 Å². The molecule has 0 unspecified atom stereocenters. The molecule has 2 aromatic carbocycles. The van der Waals surface area contributed by atoms with Crippen molar-refractivity contribution in [3.63, 3.8) is 0 Å². The van der Waals surface area contributed by atoms with Crippen LogP contribution in [0.25, 0.3) is 11.4 Å². The fraction of sp³-hybridized carbons (Fsp3) is 0.118. The molecule has 0 bridgehead atoms. The van der Waals surface area contributed by atoms with Crippen molar-refractivity contribution in [1.82, 2.24) is 14.9 Å². The number of hydrogen-bond donors (Lipinski definition) is 1. The summed E-state index contributed by atoms with van der Waals surface area (Å²) in [5.41, 5.74) is 1.61. The van der Waals surface area contributed by atoms with Crippen molar-refractivity contribution in [2.45, 2.75) is 6.92 Å². The molecule has 0 atom stereocenters. The summed E-state index contributed by atoms with van der Waals surface area (Å²) in [6.45, 7) is 2.49. The fourth-order valence-electron chi connectivity index (χ4n) is 2.21. The smallest absolute Gasteiger partial charge is 0.216 e. The van der Waals surface area contributed by atoms with Crippen molar-refractivity contribution < 1.29 is 4.74 Å². The molecule has 0 radical (unpaired) electrons. The van der Waals surface area contributed by atoms with E-state index < -0.39 is 0 Å². The van der Waals surface area contributed by atoms with Crippen LogP contribution in [0.3, 0.4) is 0 Å². The van der Waals surface area contributed by atoms with E-state index in [4.69, 9.17) is 28.6 Å². The first-order valence-corrected chi connectivity index (χ1v) is 8.18. The van der Waals surface area contributed by atoms with Gasteiger partial charge in [0, 0.05) is 10.6 Å². The first-order chi connectivity index (χ1) is 11.7. The molecule has 0 saturated heterocycles. The van der Waals surface area contributed by atoms with Gasteiger partial charge in [0.1, 0.15) is 5.75 Å². The van der Waals surface area contributed by atoms with Crippen LogP contribution in [0.4, 0.5) is 0 Å². The van der Waals surface area contributed by atoms with E-state index in [2.05, 4.69) is 15.3 Å². The molecular weight excluding hydrogens is 344 g/mol. The van der Waals surface area contributed by atoms with Crippen LogP contribution < -0.4 is 4.74 Å². The van der Waals surface area contributed by atoms with Gasteiger partial charge in [0.15, 0.2) is 5.82 Å². The second-order valence-corrected chi connectivity index (χ2v) is 5.65. The van der Waals surface area contributed by atoms with Crippen molar-refractivity contribution in [1.29, 1.82) is 0 Å². The Balaban J connectivity index is 2.05. The summed E-state index contributed by atoms with van der Waals surface area (Å²) in [7, 11) is 0. The lowest BCUT2D eigenvalue weighted by atomic mass is 10.2. The third-order valence-corrected chi connectivity index (χ3v) is 3.90. The maximum absolute atomic E-state index is 6.16. The van der Waals surface area contributed by atoms with E-state index in [1.807, 2.05) is 55.5 Å². The Hall–Kier alpha value is -2.44. The van der Waals surface area contributed by atoms with E-state index in [-0.39, 0.29) is 0 Å². The summed E-state index contributed by atoms with van der Waals surface area (Å²) in [6, 6.07) is 15.1. The number of hydrogen-bond acceptors (Lipinski definition) is 4. The normalized spacial score (nSPS) is 11.1. The second-order valence-electron chi connectivity index (χ2n) is 4.86. The Morgan fingerprint density at radius 2 is 2.00 bits per heavy atom. The van der Waals surface area contributed by atoms with Gasteiger partial charge in [0.25, 0.3) is 0 Å². The molecule has 1 aromatic heterocycles. The zero-order valence-electron chi connectivity index (χ0n) is 12.9. The largest absolute Gasteiger partial charge is 0.493 e. The standard InChI is InChI=1S/C17H15ClN4OS/c1-2-23-15-10-6-4-8-13(15)16-20-21-17(24)22(16)19-11-12-7-3-5-9-14(12)18/h3-11H,2H2,1H3,(H,21,24)/b19-11-. The molecule has 5 nitrogen and oxygen atoms in total. The number of benzene rings is 2. The van der Waals surface area contributed by atoms with E-state index in [0.717, 1.165) is 16.9 Å². The molecule has 0 spiro atoms. The summed E-state index contributed by atoms with van der Waals surface area (Å²) >= 11 is 11.4. The summed E-state index contributed by atoms with van der Waals surface area (Å²) in [5.74, 6) is 1.30. The average Bonchev–Trinajstić information content (AvgIpc) is 2.96. The molecule has 7 heteroatoms. The minimum atomic E-state index is 0.389. The molecular formula is C17H15ClN4OS. The molecule has 1 heterocycles. The van der Waals surface area contributed by atoms with Crippen LogP contribution in [-0.2, 0) is 0 Å². The van der Waals surface area contributed by atoms with Crippen molar-refractivity contribution in [3.8, 4) is 17.1 Å². The van der Waals surface area contributed by atoms with Crippen molar-refractivity contribution in [3.05, 3.63) is 63.9 Å². The van der Waals surface area contributed by atoms with Crippen molar-refractivity contribution >= 4 is 30.0 Å². The summed E-state index contributed by atoms with van der Waals surface area (Å²) in [4.78, 5) is 0. The van der Waals surface area contributed by atoms with Crippen LogP contribution in [0, 0.1) is 4.77 Å².